The zero-order valence-corrected chi connectivity index (χ0v) is 11.1. The van der Waals surface area contributed by atoms with Crippen LogP contribution in [0.4, 0.5) is 0 Å². The van der Waals surface area contributed by atoms with Crippen LogP contribution in [0.1, 0.15) is 11.5 Å². The molecule has 0 spiro atoms. The Labute approximate surface area is 108 Å². The van der Waals surface area contributed by atoms with Gasteiger partial charge in [0, 0.05) is 19.7 Å². The number of methoxy groups -OCH3 is 1. The summed E-state index contributed by atoms with van der Waals surface area (Å²) in [4.78, 5) is 0. The molecule has 0 unspecified atom stereocenters. The molecule has 0 aliphatic heterocycles. The molecule has 0 saturated heterocycles. The molecule has 0 atom stereocenters. The number of aromatic nitrogens is 1. The van der Waals surface area contributed by atoms with Crippen molar-refractivity contribution < 1.29 is 18.7 Å². The van der Waals surface area contributed by atoms with E-state index in [0.29, 0.717) is 39.6 Å². The Balaban J connectivity index is 1.81. The number of ether oxygens (including phenoxy) is 3. The van der Waals surface area contributed by atoms with Gasteiger partial charge in [-0.05, 0) is 6.92 Å². The predicted molar refractivity (Wildman–Crippen MR) is 66.5 cm³/mol. The van der Waals surface area contributed by atoms with Crippen LogP contribution in [0.3, 0.4) is 0 Å². The Morgan fingerprint density at radius 2 is 1.89 bits per heavy atom. The molecular weight excluding hydrogens is 236 g/mol. The molecule has 0 amide bonds. The van der Waals surface area contributed by atoms with E-state index in [1.54, 1.807) is 7.11 Å². The maximum Gasteiger partial charge on any atom is 0.150 e. The summed E-state index contributed by atoms with van der Waals surface area (Å²) < 4.78 is 20.6. The molecule has 0 aromatic carbocycles. The summed E-state index contributed by atoms with van der Waals surface area (Å²) >= 11 is 0. The van der Waals surface area contributed by atoms with Crippen molar-refractivity contribution in [3.05, 3.63) is 17.5 Å². The molecule has 1 rings (SSSR count). The van der Waals surface area contributed by atoms with Gasteiger partial charge < -0.3 is 24.1 Å². The van der Waals surface area contributed by atoms with Crippen LogP contribution >= 0.6 is 0 Å². The van der Waals surface area contributed by atoms with Gasteiger partial charge in [-0.25, -0.2) is 0 Å². The van der Waals surface area contributed by atoms with Crippen LogP contribution in [0.25, 0.3) is 0 Å². The zero-order chi connectivity index (χ0) is 13.1. The van der Waals surface area contributed by atoms with Gasteiger partial charge >= 0.3 is 0 Å². The van der Waals surface area contributed by atoms with Gasteiger partial charge in [0.2, 0.25) is 0 Å². The minimum Gasteiger partial charge on any atom is -0.382 e. The molecule has 0 radical (unpaired) electrons. The van der Waals surface area contributed by atoms with Gasteiger partial charge in [0.25, 0.3) is 0 Å². The summed E-state index contributed by atoms with van der Waals surface area (Å²) in [7, 11) is 1.65. The summed E-state index contributed by atoms with van der Waals surface area (Å²) in [6.07, 6.45) is 0. The highest BCUT2D eigenvalue weighted by atomic mass is 16.5. The summed E-state index contributed by atoms with van der Waals surface area (Å²) in [6.45, 7) is 6.45. The molecule has 0 bridgehead atoms. The third kappa shape index (κ3) is 7.39. The molecule has 1 N–H and O–H groups in total. The Kier molecular flexibility index (Phi) is 8.41. The highest BCUT2D eigenvalue weighted by molar-refractivity contribution is 5.02. The molecule has 6 heteroatoms. The van der Waals surface area contributed by atoms with Crippen molar-refractivity contribution in [3.63, 3.8) is 0 Å². The Hall–Kier alpha value is -0.950. The lowest BCUT2D eigenvalue weighted by Crippen LogP contribution is -2.20. The largest absolute Gasteiger partial charge is 0.382 e. The van der Waals surface area contributed by atoms with Crippen LogP contribution in [0, 0.1) is 6.92 Å². The number of nitrogens with one attached hydrogen (secondary N) is 1. The minimum atomic E-state index is 0.602. The van der Waals surface area contributed by atoms with E-state index in [2.05, 4.69) is 10.5 Å². The molecule has 1 aromatic rings. The topological polar surface area (TPSA) is 65.8 Å². The summed E-state index contributed by atoms with van der Waals surface area (Å²) in [5.41, 5.74) is 0.899. The quantitative estimate of drug-likeness (QED) is 0.591. The fourth-order valence-electron chi connectivity index (χ4n) is 1.32. The van der Waals surface area contributed by atoms with Crippen LogP contribution < -0.4 is 5.32 Å². The van der Waals surface area contributed by atoms with Gasteiger partial charge in [-0.2, -0.15) is 0 Å². The second-order valence-corrected chi connectivity index (χ2v) is 3.83. The highest BCUT2D eigenvalue weighted by Crippen LogP contribution is 2.00. The molecule has 6 nitrogen and oxygen atoms in total. The molecule has 18 heavy (non-hydrogen) atoms. The van der Waals surface area contributed by atoms with Gasteiger partial charge in [-0.3, -0.25) is 0 Å². The van der Waals surface area contributed by atoms with Crippen LogP contribution in [0.15, 0.2) is 10.6 Å². The Morgan fingerprint density at radius 1 is 1.17 bits per heavy atom. The Morgan fingerprint density at radius 3 is 2.56 bits per heavy atom. The predicted octanol–water partition coefficient (Wildman–Crippen LogP) is 0.752. The number of aryl methyl sites for hydroxylation is 1. The van der Waals surface area contributed by atoms with Crippen molar-refractivity contribution in [2.75, 3.05) is 46.7 Å². The molecule has 0 fully saturated rings. The van der Waals surface area contributed by atoms with Crippen molar-refractivity contribution in [1.29, 1.82) is 0 Å². The maximum absolute atomic E-state index is 5.38. The number of nitrogens with zero attached hydrogens (tertiary/aromatic N) is 1. The molecule has 1 heterocycles. The van der Waals surface area contributed by atoms with E-state index in [9.17, 15) is 0 Å². The van der Waals surface area contributed by atoms with Gasteiger partial charge in [0.05, 0.1) is 45.3 Å². The molecule has 0 aliphatic carbocycles. The van der Waals surface area contributed by atoms with Crippen molar-refractivity contribution in [2.24, 2.45) is 0 Å². The first-order valence-corrected chi connectivity index (χ1v) is 6.10. The molecule has 0 saturated carbocycles. The van der Waals surface area contributed by atoms with Gasteiger partial charge in [-0.15, -0.1) is 0 Å². The average molecular weight is 258 g/mol. The van der Waals surface area contributed by atoms with Crippen LogP contribution in [-0.2, 0) is 20.8 Å². The second-order valence-electron chi connectivity index (χ2n) is 3.83. The van der Waals surface area contributed by atoms with E-state index in [1.807, 2.05) is 13.0 Å². The summed E-state index contributed by atoms with van der Waals surface area (Å²) in [5.74, 6) is 0.843. The van der Waals surface area contributed by atoms with E-state index in [1.165, 1.54) is 0 Å². The van der Waals surface area contributed by atoms with Crippen LogP contribution in [-0.4, -0.2) is 51.8 Å². The number of hydrogen-bond donors (Lipinski definition) is 1. The SMILES string of the molecule is COCCOCCOCCNCc1cc(C)no1. The van der Waals surface area contributed by atoms with Crippen LogP contribution in [0.2, 0.25) is 0 Å². The van der Waals surface area contributed by atoms with Crippen molar-refractivity contribution in [1.82, 2.24) is 10.5 Å². The highest BCUT2D eigenvalue weighted by Gasteiger charge is 1.98. The number of hydrogen-bond acceptors (Lipinski definition) is 6. The first kappa shape index (κ1) is 15.1. The van der Waals surface area contributed by atoms with Gasteiger partial charge in [0.1, 0.15) is 0 Å². The van der Waals surface area contributed by atoms with E-state index < -0.39 is 0 Å². The van der Waals surface area contributed by atoms with Gasteiger partial charge in [-0.1, -0.05) is 5.16 Å². The second kappa shape index (κ2) is 10.0. The maximum atomic E-state index is 5.38. The van der Waals surface area contributed by atoms with Gasteiger partial charge in [0.15, 0.2) is 5.76 Å². The molecule has 104 valence electrons. The smallest absolute Gasteiger partial charge is 0.150 e. The first-order chi connectivity index (χ1) is 8.83. The summed E-state index contributed by atoms with van der Waals surface area (Å²) in [6, 6.07) is 1.91. The lowest BCUT2D eigenvalue weighted by molar-refractivity contribution is 0.0255. The van der Waals surface area contributed by atoms with Crippen LogP contribution in [0.5, 0.6) is 0 Å². The lowest BCUT2D eigenvalue weighted by atomic mass is 10.4. The standard InChI is InChI=1S/C12H22N2O4/c1-11-9-12(18-14-11)10-13-3-4-16-7-8-17-6-5-15-2/h9,13H,3-8,10H2,1-2H3. The van der Waals surface area contributed by atoms with Crippen molar-refractivity contribution >= 4 is 0 Å². The molecule has 1 aromatic heterocycles. The fraction of sp³-hybridized carbons (Fsp3) is 0.750. The molecular formula is C12H22N2O4. The zero-order valence-electron chi connectivity index (χ0n) is 11.1. The van der Waals surface area contributed by atoms with E-state index in [4.69, 9.17) is 18.7 Å². The third-order valence-corrected chi connectivity index (χ3v) is 2.20. The summed E-state index contributed by atoms with van der Waals surface area (Å²) in [5, 5.41) is 7.01. The Bertz CT molecular complexity index is 304. The van der Waals surface area contributed by atoms with E-state index >= 15 is 0 Å². The lowest BCUT2D eigenvalue weighted by Gasteiger charge is -2.05. The van der Waals surface area contributed by atoms with E-state index in [-0.39, 0.29) is 0 Å². The normalized spacial score (nSPS) is 11.0. The van der Waals surface area contributed by atoms with E-state index in [0.717, 1.165) is 18.0 Å². The number of rotatable bonds is 11. The fourth-order valence-corrected chi connectivity index (χ4v) is 1.32. The third-order valence-electron chi connectivity index (χ3n) is 2.20. The molecule has 0 aliphatic rings. The first-order valence-electron chi connectivity index (χ1n) is 6.10. The average Bonchev–Trinajstić information content (AvgIpc) is 2.77. The van der Waals surface area contributed by atoms with Crippen molar-refractivity contribution in [3.8, 4) is 0 Å². The monoisotopic (exact) mass is 258 g/mol. The van der Waals surface area contributed by atoms with Crippen molar-refractivity contribution in [2.45, 2.75) is 13.5 Å². The minimum absolute atomic E-state index is 0.602.